The van der Waals surface area contributed by atoms with E-state index in [1.807, 2.05) is 0 Å². The molecule has 85 heavy (non-hydrogen) atoms. The van der Waals surface area contributed by atoms with Crippen LogP contribution in [0.5, 0.6) is 0 Å². The van der Waals surface area contributed by atoms with E-state index in [4.69, 9.17) is 0 Å². The van der Waals surface area contributed by atoms with Crippen LogP contribution in [-0.4, -0.2) is 6.71 Å². The molecule has 14 aromatic carbocycles. The maximum Gasteiger partial charge on any atom is 0.252 e. The fourth-order valence-electron chi connectivity index (χ4n) is 14.7. The Morgan fingerprint density at radius 2 is 0.635 bits per heavy atom. The highest BCUT2D eigenvalue weighted by Gasteiger charge is 2.45. The van der Waals surface area contributed by atoms with Gasteiger partial charge < -0.3 is 9.80 Å². The molecule has 412 valence electrons. The first kappa shape index (κ1) is 51.7. The van der Waals surface area contributed by atoms with E-state index >= 15 is 0 Å². The highest BCUT2D eigenvalue weighted by Crippen LogP contribution is 2.52. The van der Waals surface area contributed by atoms with E-state index in [9.17, 15) is 0 Å². The first-order valence-corrected chi connectivity index (χ1v) is 30.7. The lowest BCUT2D eigenvalue weighted by atomic mass is 9.33. The van der Waals surface area contributed by atoms with Gasteiger partial charge in [0.05, 0.1) is 0 Å². The molecule has 0 bridgehead atoms. The summed E-state index contributed by atoms with van der Waals surface area (Å²) in [4.78, 5) is 5.40. The molecule has 0 spiro atoms. The minimum Gasteiger partial charge on any atom is -0.311 e. The summed E-state index contributed by atoms with van der Waals surface area (Å²) in [6.07, 6.45) is 0. The first-order valence-electron chi connectivity index (χ1n) is 30.7. The maximum absolute atomic E-state index is 2.70. The first-order chi connectivity index (χ1) is 40.6. The predicted molar refractivity (Wildman–Crippen MR) is 372 cm³/mol. The molecule has 2 aliphatic rings. The summed E-state index contributed by atoms with van der Waals surface area (Å²) in [5.41, 5.74) is 18.5. The summed E-state index contributed by atoms with van der Waals surface area (Å²) < 4.78 is 0. The van der Waals surface area contributed by atoms with Crippen molar-refractivity contribution < 1.29 is 0 Å². The number of benzene rings is 14. The summed E-state index contributed by atoms with van der Waals surface area (Å²) >= 11 is 0. The molecular formula is C82H71BN2. The third-order valence-corrected chi connectivity index (χ3v) is 19.3. The molecule has 0 atom stereocenters. The molecule has 2 heterocycles. The molecule has 14 aromatic rings. The largest absolute Gasteiger partial charge is 0.311 e. The van der Waals surface area contributed by atoms with Crippen molar-refractivity contribution >= 4 is 143 Å². The van der Waals surface area contributed by atoms with Crippen LogP contribution in [0.3, 0.4) is 0 Å². The molecule has 0 aliphatic carbocycles. The molecule has 0 saturated heterocycles. The summed E-state index contributed by atoms with van der Waals surface area (Å²) in [6, 6.07) is 83.4. The molecule has 0 saturated carbocycles. The highest BCUT2D eigenvalue weighted by atomic mass is 15.2. The molecule has 0 fully saturated rings. The van der Waals surface area contributed by atoms with Crippen molar-refractivity contribution in [2.75, 3.05) is 9.80 Å². The van der Waals surface area contributed by atoms with Crippen molar-refractivity contribution in [2.45, 2.75) is 105 Å². The molecule has 0 amide bonds. The molecule has 2 aliphatic heterocycles. The zero-order valence-corrected chi connectivity index (χ0v) is 51.2. The third-order valence-electron chi connectivity index (χ3n) is 19.3. The van der Waals surface area contributed by atoms with Crippen molar-refractivity contribution in [3.05, 3.63) is 235 Å². The Kier molecular flexibility index (Phi) is 10.8. The average Bonchev–Trinajstić information content (AvgIpc) is 0.726. The van der Waals surface area contributed by atoms with Gasteiger partial charge >= 0.3 is 0 Å². The second kappa shape index (κ2) is 17.8. The number of hydrogen-bond acceptors (Lipinski definition) is 2. The van der Waals surface area contributed by atoms with Gasteiger partial charge in [-0.25, -0.2) is 0 Å². The lowest BCUT2D eigenvalue weighted by Crippen LogP contribution is -2.61. The Morgan fingerprint density at radius 1 is 0.271 bits per heavy atom. The normalized spacial score (nSPS) is 13.8. The highest BCUT2D eigenvalue weighted by molar-refractivity contribution is 7.00. The van der Waals surface area contributed by atoms with Crippen LogP contribution < -0.4 is 26.2 Å². The SMILES string of the molecule is CC(C)(C)c1cc(N2c3cc4cc5ccccc5cc4cc3B3c4cc5cc6ccccc6cc5cc4N(c4cc(C(C)(C)C)cc(C(C)(C)C)c4)c4cc(-c5ccc6cccc7c8cccc9cccc(c5c67)c98)cc2c43)cc(C(C)(C)C)c1. The fraction of sp³-hybridized carbons (Fsp3) is 0.195. The van der Waals surface area contributed by atoms with Gasteiger partial charge in [0.2, 0.25) is 0 Å². The predicted octanol–water partition coefficient (Wildman–Crippen LogP) is 21.3. The molecule has 3 heteroatoms. The van der Waals surface area contributed by atoms with Gasteiger partial charge in [-0.05, 0) is 230 Å². The monoisotopic (exact) mass is 1090 g/mol. The van der Waals surface area contributed by atoms with E-state index in [-0.39, 0.29) is 28.4 Å². The smallest absolute Gasteiger partial charge is 0.252 e. The summed E-state index contributed by atoms with van der Waals surface area (Å²) in [7, 11) is 0. The van der Waals surface area contributed by atoms with E-state index in [0.717, 1.165) is 0 Å². The van der Waals surface area contributed by atoms with Gasteiger partial charge in [0.1, 0.15) is 0 Å². The van der Waals surface area contributed by atoms with Crippen LogP contribution in [0.15, 0.2) is 212 Å². The lowest BCUT2D eigenvalue weighted by molar-refractivity contribution is 0.568. The van der Waals surface area contributed by atoms with Gasteiger partial charge in [0.25, 0.3) is 6.71 Å². The zero-order chi connectivity index (χ0) is 58.4. The molecule has 2 nitrogen and oxygen atoms in total. The van der Waals surface area contributed by atoms with E-state index in [2.05, 4.69) is 305 Å². The van der Waals surface area contributed by atoms with E-state index in [1.165, 1.54) is 170 Å². The Hall–Kier alpha value is -8.92. The van der Waals surface area contributed by atoms with E-state index < -0.39 is 0 Å². The second-order valence-corrected chi connectivity index (χ2v) is 29.1. The number of fused-ring (bicyclic) bond motifs is 10. The minimum absolute atomic E-state index is 0.118. The van der Waals surface area contributed by atoms with E-state index in [0.29, 0.717) is 0 Å². The Balaban J connectivity index is 1.12. The number of hydrogen-bond donors (Lipinski definition) is 0. The van der Waals surface area contributed by atoms with Crippen LogP contribution in [0.25, 0.3) is 97.3 Å². The van der Waals surface area contributed by atoms with Gasteiger partial charge in [-0.1, -0.05) is 223 Å². The van der Waals surface area contributed by atoms with Gasteiger partial charge in [-0.15, -0.1) is 0 Å². The van der Waals surface area contributed by atoms with Gasteiger partial charge in [-0.2, -0.15) is 0 Å². The van der Waals surface area contributed by atoms with Crippen LogP contribution >= 0.6 is 0 Å². The average molecular weight is 1100 g/mol. The Labute approximate surface area is 500 Å². The molecular weight excluding hydrogens is 1020 g/mol. The van der Waals surface area contributed by atoms with Crippen LogP contribution in [0, 0.1) is 0 Å². The summed E-state index contributed by atoms with van der Waals surface area (Å²) in [6.45, 7) is 28.4. The minimum atomic E-state index is -0.119. The van der Waals surface area contributed by atoms with Crippen molar-refractivity contribution in [2.24, 2.45) is 0 Å². The van der Waals surface area contributed by atoms with E-state index in [1.54, 1.807) is 0 Å². The molecule has 0 N–H and O–H groups in total. The third kappa shape index (κ3) is 7.99. The Morgan fingerprint density at radius 3 is 1.05 bits per heavy atom. The van der Waals surface area contributed by atoms with Crippen LogP contribution in [0.2, 0.25) is 0 Å². The van der Waals surface area contributed by atoms with Crippen molar-refractivity contribution in [1.82, 2.24) is 0 Å². The van der Waals surface area contributed by atoms with Crippen molar-refractivity contribution in [3.8, 4) is 11.1 Å². The molecule has 0 aromatic heterocycles. The van der Waals surface area contributed by atoms with Crippen LogP contribution in [-0.2, 0) is 21.7 Å². The van der Waals surface area contributed by atoms with Crippen molar-refractivity contribution in [3.63, 3.8) is 0 Å². The number of nitrogens with zero attached hydrogens (tertiary/aromatic N) is 2. The fourth-order valence-corrected chi connectivity index (χ4v) is 14.7. The van der Waals surface area contributed by atoms with Gasteiger partial charge in [0.15, 0.2) is 0 Å². The molecule has 0 unspecified atom stereocenters. The topological polar surface area (TPSA) is 6.48 Å². The summed E-state index contributed by atoms with van der Waals surface area (Å²) in [5, 5.41) is 20.3. The van der Waals surface area contributed by atoms with Gasteiger partial charge in [-0.3, -0.25) is 0 Å². The van der Waals surface area contributed by atoms with Crippen LogP contribution in [0.4, 0.5) is 34.1 Å². The molecule has 16 rings (SSSR count). The molecule has 0 radical (unpaired) electrons. The van der Waals surface area contributed by atoms with Gasteiger partial charge in [0, 0.05) is 34.1 Å². The standard InChI is InChI=1S/C82H71BN2/c1-79(2,3)59-42-60(80(4,5)6)45-63(44-59)84-71-38-56-34-52-22-15-13-20-50(52)32-54(56)36-69(71)83-70-37-55-33-51-21-14-16-23-53(51)35-57(55)39-72(70)85(64-46-61(81(7,8)9)43-62(47-64)82(10,11)12)74-41-58(40-73(84)78(74)83)65-31-30-49-26-18-28-67-66-27-17-24-48-25-19-29-68(75(48)66)77(65)76(49)67/h13-47H,1-12H3. The second-order valence-electron chi connectivity index (χ2n) is 29.1. The zero-order valence-electron chi connectivity index (χ0n) is 51.2. The summed E-state index contributed by atoms with van der Waals surface area (Å²) in [5.74, 6) is 0. The number of anilines is 6. The van der Waals surface area contributed by atoms with Crippen molar-refractivity contribution in [1.29, 1.82) is 0 Å². The quantitative estimate of drug-likeness (QED) is 0.0988. The van der Waals surface area contributed by atoms with Crippen LogP contribution in [0.1, 0.15) is 105 Å². The lowest BCUT2D eigenvalue weighted by Gasteiger charge is -2.45. The Bertz CT molecular complexity index is 4890. The number of rotatable bonds is 3. The maximum atomic E-state index is 2.70.